The Balaban J connectivity index is 1.29. The number of amides is 2. The third-order valence-corrected chi connectivity index (χ3v) is 7.35. The van der Waals surface area contributed by atoms with Gasteiger partial charge in [0.05, 0.1) is 0 Å². The largest absolute Gasteiger partial charge is 0.444 e. The van der Waals surface area contributed by atoms with Gasteiger partial charge in [-0.05, 0) is 85.3 Å². The number of hydrogen-bond donors (Lipinski definition) is 1. The number of carbonyl (C=O) groups is 2. The van der Waals surface area contributed by atoms with Gasteiger partial charge in [0.1, 0.15) is 11.2 Å². The third-order valence-electron chi connectivity index (χ3n) is 7.35. The van der Waals surface area contributed by atoms with Crippen LogP contribution in [0.25, 0.3) is 0 Å². The standard InChI is InChI=1S/C29H45N3O4/c1-27(2,3)35-25(33)31-15-12-21(18-31)17-30-19-29(13-14-29)20-32(26(34)36-28(4,5)6)24-16-23(24)22-10-8-7-9-11-22/h7-11,21,23-24,30H,12-20H2,1-6H3/t21?,23?,24-/m0/s1. The van der Waals surface area contributed by atoms with Crippen molar-refractivity contribution >= 4 is 12.2 Å². The topological polar surface area (TPSA) is 71.1 Å². The number of ether oxygens (including phenoxy) is 2. The van der Waals surface area contributed by atoms with Crippen LogP contribution in [0.1, 0.15) is 78.7 Å². The lowest BCUT2D eigenvalue weighted by atomic mass is 10.0. The molecule has 1 saturated heterocycles. The highest BCUT2D eigenvalue weighted by atomic mass is 16.6. The number of carbonyl (C=O) groups excluding carboxylic acids is 2. The molecular formula is C29H45N3O4. The highest BCUT2D eigenvalue weighted by Crippen LogP contribution is 2.51. The van der Waals surface area contributed by atoms with Crippen LogP contribution in [-0.2, 0) is 9.47 Å². The maximum Gasteiger partial charge on any atom is 0.410 e. The van der Waals surface area contributed by atoms with Gasteiger partial charge in [0.15, 0.2) is 0 Å². The number of nitrogens with zero attached hydrogens (tertiary/aromatic N) is 2. The SMILES string of the molecule is CC(C)(C)OC(=O)N1CCC(CNCC2(CN(C(=O)OC(C)(C)C)[C@H]3CC3c3ccccc3)CC2)C1. The fourth-order valence-electron chi connectivity index (χ4n) is 5.18. The Kier molecular flexibility index (Phi) is 7.61. The lowest BCUT2D eigenvalue weighted by Crippen LogP contribution is -2.44. The first-order valence-corrected chi connectivity index (χ1v) is 13.6. The first-order valence-electron chi connectivity index (χ1n) is 13.6. The monoisotopic (exact) mass is 499 g/mol. The van der Waals surface area contributed by atoms with Crippen LogP contribution in [0.5, 0.6) is 0 Å². The Morgan fingerprint density at radius 1 is 1.06 bits per heavy atom. The van der Waals surface area contributed by atoms with E-state index in [4.69, 9.17) is 9.47 Å². The van der Waals surface area contributed by atoms with E-state index in [0.29, 0.717) is 11.8 Å². The summed E-state index contributed by atoms with van der Waals surface area (Å²) in [6.45, 7) is 15.5. The number of benzene rings is 1. The van der Waals surface area contributed by atoms with Crippen molar-refractivity contribution in [2.24, 2.45) is 11.3 Å². The summed E-state index contributed by atoms with van der Waals surface area (Å²) in [4.78, 5) is 29.4. The minimum Gasteiger partial charge on any atom is -0.444 e. The number of hydrogen-bond acceptors (Lipinski definition) is 5. The molecule has 7 nitrogen and oxygen atoms in total. The summed E-state index contributed by atoms with van der Waals surface area (Å²) in [5, 5.41) is 3.68. The van der Waals surface area contributed by atoms with Gasteiger partial charge in [-0.2, -0.15) is 0 Å². The Bertz CT molecular complexity index is 917. The summed E-state index contributed by atoms with van der Waals surface area (Å²) in [7, 11) is 0. The van der Waals surface area contributed by atoms with Gasteiger partial charge >= 0.3 is 12.2 Å². The Morgan fingerprint density at radius 2 is 1.72 bits per heavy atom. The molecule has 3 aliphatic rings. The minimum atomic E-state index is -0.510. The molecule has 36 heavy (non-hydrogen) atoms. The van der Waals surface area contributed by atoms with Crippen molar-refractivity contribution in [3.8, 4) is 0 Å². The van der Waals surface area contributed by atoms with Crippen molar-refractivity contribution in [1.29, 1.82) is 0 Å². The maximum atomic E-state index is 13.2. The highest BCUT2D eigenvalue weighted by Gasteiger charge is 2.52. The lowest BCUT2D eigenvalue weighted by Gasteiger charge is -2.31. The molecule has 0 radical (unpaired) electrons. The zero-order valence-electron chi connectivity index (χ0n) is 23.0. The maximum absolute atomic E-state index is 13.2. The summed E-state index contributed by atoms with van der Waals surface area (Å²) in [5.74, 6) is 0.820. The molecule has 200 valence electrons. The molecule has 2 unspecified atom stereocenters. The lowest BCUT2D eigenvalue weighted by molar-refractivity contribution is 0.0187. The molecule has 3 atom stereocenters. The van der Waals surface area contributed by atoms with Gasteiger partial charge in [0, 0.05) is 43.6 Å². The van der Waals surface area contributed by atoms with Crippen LogP contribution < -0.4 is 5.32 Å². The van der Waals surface area contributed by atoms with Crippen molar-refractivity contribution in [3.63, 3.8) is 0 Å². The number of rotatable bonds is 8. The van der Waals surface area contributed by atoms with Crippen LogP contribution in [0.4, 0.5) is 9.59 Å². The molecule has 0 aromatic heterocycles. The Hall–Kier alpha value is -2.28. The molecule has 1 aliphatic heterocycles. The zero-order valence-corrected chi connectivity index (χ0v) is 23.0. The molecule has 1 aromatic carbocycles. The molecule has 0 spiro atoms. The average Bonchev–Trinajstić information content (AvgIpc) is 3.67. The summed E-state index contributed by atoms with van der Waals surface area (Å²) in [6, 6.07) is 10.7. The fraction of sp³-hybridized carbons (Fsp3) is 0.724. The molecule has 0 bridgehead atoms. The summed E-state index contributed by atoms with van der Waals surface area (Å²) >= 11 is 0. The van der Waals surface area contributed by atoms with E-state index < -0.39 is 11.2 Å². The van der Waals surface area contributed by atoms with Gasteiger partial charge in [-0.1, -0.05) is 30.3 Å². The minimum absolute atomic E-state index is 0.115. The van der Waals surface area contributed by atoms with E-state index >= 15 is 0 Å². The van der Waals surface area contributed by atoms with E-state index in [1.807, 2.05) is 57.4 Å². The summed E-state index contributed by atoms with van der Waals surface area (Å²) in [5.41, 5.74) is 0.441. The van der Waals surface area contributed by atoms with Gasteiger partial charge < -0.3 is 24.6 Å². The zero-order chi connectivity index (χ0) is 26.1. The molecule has 2 aliphatic carbocycles. The molecule has 2 saturated carbocycles. The van der Waals surface area contributed by atoms with E-state index in [1.54, 1.807) is 0 Å². The van der Waals surface area contributed by atoms with Crippen molar-refractivity contribution in [2.75, 3.05) is 32.7 Å². The van der Waals surface area contributed by atoms with Crippen LogP contribution in [-0.4, -0.2) is 72.0 Å². The fourth-order valence-corrected chi connectivity index (χ4v) is 5.18. The second-order valence-corrected chi connectivity index (χ2v) is 13.1. The molecule has 3 fully saturated rings. The van der Waals surface area contributed by atoms with E-state index in [1.165, 1.54) is 5.56 Å². The normalized spacial score (nSPS) is 24.8. The molecule has 1 aromatic rings. The van der Waals surface area contributed by atoms with Crippen molar-refractivity contribution < 1.29 is 19.1 Å². The van der Waals surface area contributed by atoms with E-state index in [-0.39, 0.29) is 23.6 Å². The second kappa shape index (κ2) is 10.2. The van der Waals surface area contributed by atoms with Gasteiger partial charge in [-0.15, -0.1) is 0 Å². The number of nitrogens with one attached hydrogen (secondary N) is 1. The van der Waals surface area contributed by atoms with E-state index in [0.717, 1.165) is 58.4 Å². The van der Waals surface area contributed by atoms with Crippen LogP contribution in [0.2, 0.25) is 0 Å². The first kappa shape index (κ1) is 26.8. The smallest absolute Gasteiger partial charge is 0.410 e. The first-order chi connectivity index (χ1) is 16.8. The van der Waals surface area contributed by atoms with E-state index in [2.05, 4.69) is 29.6 Å². The highest BCUT2D eigenvalue weighted by molar-refractivity contribution is 5.70. The predicted octanol–water partition coefficient (Wildman–Crippen LogP) is 5.41. The number of likely N-dealkylation sites (tertiary alicyclic amines) is 1. The van der Waals surface area contributed by atoms with Crippen LogP contribution in [0.15, 0.2) is 30.3 Å². The van der Waals surface area contributed by atoms with Gasteiger partial charge in [-0.3, -0.25) is 0 Å². The predicted molar refractivity (Wildman–Crippen MR) is 141 cm³/mol. The third kappa shape index (κ3) is 7.37. The Morgan fingerprint density at radius 3 is 2.33 bits per heavy atom. The second-order valence-electron chi connectivity index (χ2n) is 13.1. The molecule has 4 rings (SSSR count). The van der Waals surface area contributed by atoms with Crippen LogP contribution in [0, 0.1) is 11.3 Å². The quantitative estimate of drug-likeness (QED) is 0.518. The molecular weight excluding hydrogens is 454 g/mol. The van der Waals surface area contributed by atoms with Crippen LogP contribution >= 0.6 is 0 Å². The van der Waals surface area contributed by atoms with Gasteiger partial charge in [0.25, 0.3) is 0 Å². The molecule has 7 heteroatoms. The molecule has 2 amide bonds. The molecule has 1 heterocycles. The average molecular weight is 500 g/mol. The Labute approximate surface area is 216 Å². The summed E-state index contributed by atoms with van der Waals surface area (Å²) < 4.78 is 11.4. The van der Waals surface area contributed by atoms with Gasteiger partial charge in [0.2, 0.25) is 0 Å². The molecule has 1 N–H and O–H groups in total. The van der Waals surface area contributed by atoms with Crippen molar-refractivity contribution in [1.82, 2.24) is 15.1 Å². The van der Waals surface area contributed by atoms with Crippen LogP contribution in [0.3, 0.4) is 0 Å². The van der Waals surface area contributed by atoms with Crippen molar-refractivity contribution in [2.45, 2.75) is 90.4 Å². The van der Waals surface area contributed by atoms with Crippen molar-refractivity contribution in [3.05, 3.63) is 35.9 Å². The van der Waals surface area contributed by atoms with Gasteiger partial charge in [-0.25, -0.2) is 9.59 Å². The summed E-state index contributed by atoms with van der Waals surface area (Å²) in [6.07, 6.45) is 3.82. The van der Waals surface area contributed by atoms with E-state index in [9.17, 15) is 9.59 Å².